The average molecular weight is 252 g/mol. The number of rotatable bonds is 7. The fourth-order valence-electron chi connectivity index (χ4n) is 1.93. The molecule has 1 fully saturated rings. The van der Waals surface area contributed by atoms with Crippen LogP contribution in [0.3, 0.4) is 0 Å². The van der Waals surface area contributed by atoms with E-state index >= 15 is 0 Å². The van der Waals surface area contributed by atoms with Crippen LogP contribution in [0.2, 0.25) is 0 Å². The Bertz CT molecular complexity index is 376. The first kappa shape index (κ1) is 13.3. The van der Waals surface area contributed by atoms with Gasteiger partial charge in [0, 0.05) is 13.0 Å². The van der Waals surface area contributed by atoms with Gasteiger partial charge in [0.1, 0.15) is 11.9 Å². The first-order valence-electron chi connectivity index (χ1n) is 6.17. The molecule has 1 aromatic carbocycles. The van der Waals surface area contributed by atoms with Crippen LogP contribution in [0.4, 0.5) is 0 Å². The van der Waals surface area contributed by atoms with Gasteiger partial charge in [-0.05, 0) is 24.6 Å². The van der Waals surface area contributed by atoms with Crippen LogP contribution < -0.4 is 4.74 Å². The van der Waals surface area contributed by atoms with Gasteiger partial charge in [0.05, 0.1) is 25.9 Å². The maximum absolute atomic E-state index is 8.95. The van der Waals surface area contributed by atoms with Gasteiger partial charge in [-0.25, -0.2) is 0 Å². The van der Waals surface area contributed by atoms with Crippen LogP contribution in [-0.2, 0) is 16.1 Å². The predicted molar refractivity (Wildman–Crippen MR) is 67.6 cm³/mol. The molecule has 0 saturated carbocycles. The second kappa shape index (κ2) is 5.69. The van der Waals surface area contributed by atoms with Crippen molar-refractivity contribution in [2.24, 2.45) is 0 Å². The second-order valence-electron chi connectivity index (χ2n) is 4.75. The van der Waals surface area contributed by atoms with E-state index in [2.05, 4.69) is 0 Å². The lowest BCUT2D eigenvalue weighted by Crippen LogP contribution is -2.15. The van der Waals surface area contributed by atoms with Crippen LogP contribution in [0.5, 0.6) is 5.75 Å². The van der Waals surface area contributed by atoms with E-state index < -0.39 is 0 Å². The van der Waals surface area contributed by atoms with Crippen LogP contribution in [0.25, 0.3) is 0 Å². The summed E-state index contributed by atoms with van der Waals surface area (Å²) in [5.41, 5.74) is 0.936. The Kier molecular flexibility index (Phi) is 4.22. The van der Waals surface area contributed by atoms with Crippen molar-refractivity contribution < 1.29 is 19.3 Å². The number of benzene rings is 1. The number of hydrogen-bond acceptors (Lipinski definition) is 4. The second-order valence-corrected chi connectivity index (χ2v) is 4.75. The smallest absolute Gasteiger partial charge is 0.118 e. The Morgan fingerprint density at radius 3 is 2.61 bits per heavy atom. The molecule has 1 aromatic rings. The summed E-state index contributed by atoms with van der Waals surface area (Å²) >= 11 is 0. The van der Waals surface area contributed by atoms with E-state index in [1.165, 1.54) is 0 Å². The van der Waals surface area contributed by atoms with Crippen molar-refractivity contribution in [3.63, 3.8) is 0 Å². The number of aliphatic hydroxyl groups is 1. The summed E-state index contributed by atoms with van der Waals surface area (Å²) in [6, 6.07) is 7.83. The number of hydrogen-bond donors (Lipinski definition) is 1. The fraction of sp³-hybridized carbons (Fsp3) is 0.571. The number of epoxide rings is 1. The molecule has 0 aromatic heterocycles. The van der Waals surface area contributed by atoms with Crippen molar-refractivity contribution in [2.45, 2.75) is 31.7 Å². The molecule has 1 aliphatic heterocycles. The van der Waals surface area contributed by atoms with Crippen LogP contribution in [0.1, 0.15) is 18.9 Å². The predicted octanol–water partition coefficient (Wildman–Crippen LogP) is 1.75. The first-order chi connectivity index (χ1) is 8.68. The first-order valence-corrected chi connectivity index (χ1v) is 6.17. The largest absolute Gasteiger partial charge is 0.497 e. The zero-order valence-electron chi connectivity index (χ0n) is 10.9. The van der Waals surface area contributed by atoms with E-state index in [1.54, 1.807) is 7.11 Å². The van der Waals surface area contributed by atoms with Gasteiger partial charge in [-0.1, -0.05) is 12.1 Å². The highest BCUT2D eigenvalue weighted by Crippen LogP contribution is 2.38. The Labute approximate surface area is 107 Å². The minimum Gasteiger partial charge on any atom is -0.497 e. The molecular formula is C14H20O4. The van der Waals surface area contributed by atoms with E-state index in [0.717, 1.165) is 17.7 Å². The van der Waals surface area contributed by atoms with E-state index in [4.69, 9.17) is 19.3 Å². The van der Waals surface area contributed by atoms with Crippen molar-refractivity contribution in [1.82, 2.24) is 0 Å². The van der Waals surface area contributed by atoms with E-state index in [1.807, 2.05) is 31.2 Å². The van der Waals surface area contributed by atoms with Gasteiger partial charge < -0.3 is 19.3 Å². The molecule has 18 heavy (non-hydrogen) atoms. The highest BCUT2D eigenvalue weighted by atomic mass is 16.6. The summed E-state index contributed by atoms with van der Waals surface area (Å²) in [7, 11) is 1.65. The molecule has 0 radical (unpaired) electrons. The van der Waals surface area contributed by atoms with Gasteiger partial charge in [0.15, 0.2) is 0 Å². The van der Waals surface area contributed by atoms with Crippen molar-refractivity contribution in [3.05, 3.63) is 29.8 Å². The summed E-state index contributed by atoms with van der Waals surface area (Å²) in [6.07, 6.45) is 0.802. The third-order valence-corrected chi connectivity index (χ3v) is 3.37. The van der Waals surface area contributed by atoms with Gasteiger partial charge in [-0.2, -0.15) is 0 Å². The topological polar surface area (TPSA) is 51.2 Å². The number of methoxy groups -OCH3 is 1. The van der Waals surface area contributed by atoms with E-state index in [-0.39, 0.29) is 18.3 Å². The summed E-state index contributed by atoms with van der Waals surface area (Å²) in [5, 5.41) is 8.95. The van der Waals surface area contributed by atoms with Gasteiger partial charge >= 0.3 is 0 Å². The number of ether oxygens (including phenoxy) is 3. The minimum absolute atomic E-state index is 0.0120. The molecule has 1 aliphatic rings. The Hall–Kier alpha value is -1.10. The highest BCUT2D eigenvalue weighted by Gasteiger charge is 2.51. The lowest BCUT2D eigenvalue weighted by molar-refractivity contribution is 0.101. The average Bonchev–Trinajstić information content (AvgIpc) is 3.07. The molecule has 1 N–H and O–H groups in total. The quantitative estimate of drug-likeness (QED) is 0.593. The maximum atomic E-state index is 8.95. The zero-order chi connectivity index (χ0) is 13.0. The normalized spacial score (nSPS) is 26.1. The minimum atomic E-state index is -0.186. The van der Waals surface area contributed by atoms with Gasteiger partial charge in [-0.3, -0.25) is 0 Å². The third-order valence-electron chi connectivity index (χ3n) is 3.37. The SMILES string of the molecule is COc1ccc(COCCC2(C)OC2CO)cc1. The molecule has 0 bridgehead atoms. The van der Waals surface area contributed by atoms with E-state index in [0.29, 0.717) is 13.2 Å². The monoisotopic (exact) mass is 252 g/mol. The molecule has 2 unspecified atom stereocenters. The molecule has 2 rings (SSSR count). The van der Waals surface area contributed by atoms with Crippen molar-refractivity contribution in [2.75, 3.05) is 20.3 Å². The Morgan fingerprint density at radius 2 is 2.06 bits per heavy atom. The molecular weight excluding hydrogens is 232 g/mol. The molecule has 0 aliphatic carbocycles. The Morgan fingerprint density at radius 1 is 1.33 bits per heavy atom. The third kappa shape index (κ3) is 3.22. The van der Waals surface area contributed by atoms with Gasteiger partial charge in [-0.15, -0.1) is 0 Å². The standard InChI is InChI=1S/C14H20O4/c1-14(13(9-15)18-14)7-8-17-10-11-3-5-12(16-2)6-4-11/h3-6,13,15H,7-10H2,1-2H3. The lowest BCUT2D eigenvalue weighted by atomic mass is 10.1. The summed E-state index contributed by atoms with van der Waals surface area (Å²) < 4.78 is 16.1. The Balaban J connectivity index is 1.66. The van der Waals surface area contributed by atoms with Crippen molar-refractivity contribution >= 4 is 0 Å². The molecule has 2 atom stereocenters. The van der Waals surface area contributed by atoms with Gasteiger partial charge in [0.25, 0.3) is 0 Å². The van der Waals surface area contributed by atoms with Crippen LogP contribution in [0.15, 0.2) is 24.3 Å². The summed E-state index contributed by atoms with van der Waals surface area (Å²) in [6.45, 7) is 3.32. The summed E-state index contributed by atoms with van der Waals surface area (Å²) in [5.74, 6) is 0.850. The molecule has 0 spiro atoms. The zero-order valence-corrected chi connectivity index (χ0v) is 10.9. The number of aliphatic hydroxyl groups excluding tert-OH is 1. The maximum Gasteiger partial charge on any atom is 0.118 e. The molecule has 4 heteroatoms. The molecule has 100 valence electrons. The molecule has 0 amide bonds. The molecule has 1 saturated heterocycles. The molecule has 1 heterocycles. The molecule has 4 nitrogen and oxygen atoms in total. The van der Waals surface area contributed by atoms with Gasteiger partial charge in [0.2, 0.25) is 0 Å². The van der Waals surface area contributed by atoms with Crippen LogP contribution in [-0.4, -0.2) is 37.1 Å². The van der Waals surface area contributed by atoms with E-state index in [9.17, 15) is 0 Å². The van der Waals surface area contributed by atoms with Crippen molar-refractivity contribution in [3.8, 4) is 5.75 Å². The fourth-order valence-corrected chi connectivity index (χ4v) is 1.93. The van der Waals surface area contributed by atoms with Crippen molar-refractivity contribution in [1.29, 1.82) is 0 Å². The lowest BCUT2D eigenvalue weighted by Gasteiger charge is -2.08. The van der Waals surface area contributed by atoms with Crippen LogP contribution >= 0.6 is 0 Å². The van der Waals surface area contributed by atoms with Crippen LogP contribution in [0, 0.1) is 0 Å². The highest BCUT2D eigenvalue weighted by molar-refractivity contribution is 5.26. The summed E-state index contributed by atoms with van der Waals surface area (Å²) in [4.78, 5) is 0.